The van der Waals surface area contributed by atoms with Gasteiger partial charge in [0, 0.05) is 37.3 Å². The molecule has 5 heteroatoms. The molecule has 0 bridgehead atoms. The van der Waals surface area contributed by atoms with E-state index in [1.807, 2.05) is 0 Å². The highest BCUT2D eigenvalue weighted by Gasteiger charge is 2.43. The Bertz CT molecular complexity index is 502. The van der Waals surface area contributed by atoms with Crippen LogP contribution in [0.5, 0.6) is 0 Å². The van der Waals surface area contributed by atoms with Gasteiger partial charge in [-0.05, 0) is 30.6 Å². The summed E-state index contributed by atoms with van der Waals surface area (Å²) in [5.41, 5.74) is 3.09. The number of rotatable bonds is 5. The largest absolute Gasteiger partial charge is 0.350 e. The number of carbonyl (C=O) groups is 1. The number of hydrogen-bond donors (Lipinski definition) is 3. The van der Waals surface area contributed by atoms with E-state index < -0.39 is 0 Å². The van der Waals surface area contributed by atoms with Gasteiger partial charge in [-0.1, -0.05) is 13.8 Å². The van der Waals surface area contributed by atoms with E-state index in [4.69, 9.17) is 0 Å². The smallest absolute Gasteiger partial charge is 0.272 e. The van der Waals surface area contributed by atoms with E-state index in [0.29, 0.717) is 17.0 Å². The van der Waals surface area contributed by atoms with Gasteiger partial charge in [0.25, 0.3) is 5.91 Å². The Morgan fingerprint density at radius 3 is 2.95 bits per heavy atom. The molecular weight excluding hydrogens is 252 g/mol. The van der Waals surface area contributed by atoms with Gasteiger partial charge in [0.2, 0.25) is 0 Å². The summed E-state index contributed by atoms with van der Waals surface area (Å²) in [6.45, 7) is 6.98. The van der Waals surface area contributed by atoms with Gasteiger partial charge >= 0.3 is 0 Å². The third-order valence-electron chi connectivity index (χ3n) is 4.44. The van der Waals surface area contributed by atoms with Gasteiger partial charge in [0.15, 0.2) is 5.69 Å². The Morgan fingerprint density at radius 2 is 2.25 bits per heavy atom. The van der Waals surface area contributed by atoms with Crippen LogP contribution >= 0.6 is 0 Å². The third kappa shape index (κ3) is 2.73. The minimum Gasteiger partial charge on any atom is -0.350 e. The Morgan fingerprint density at radius 1 is 1.45 bits per heavy atom. The quantitative estimate of drug-likeness (QED) is 0.765. The van der Waals surface area contributed by atoms with Crippen molar-refractivity contribution in [3.05, 3.63) is 17.0 Å². The molecule has 1 aliphatic heterocycles. The van der Waals surface area contributed by atoms with Crippen molar-refractivity contribution in [2.45, 2.75) is 46.1 Å². The fraction of sp³-hybridized carbons (Fsp3) is 0.733. The molecule has 3 N–H and O–H groups in total. The Labute approximate surface area is 119 Å². The van der Waals surface area contributed by atoms with Crippen LogP contribution in [-0.2, 0) is 13.0 Å². The predicted octanol–water partition coefficient (Wildman–Crippen LogP) is 1.61. The second kappa shape index (κ2) is 5.20. The van der Waals surface area contributed by atoms with Crippen molar-refractivity contribution >= 4 is 5.91 Å². The molecule has 0 atom stereocenters. The monoisotopic (exact) mass is 276 g/mol. The van der Waals surface area contributed by atoms with Crippen molar-refractivity contribution in [1.29, 1.82) is 0 Å². The first-order chi connectivity index (χ1) is 9.60. The van der Waals surface area contributed by atoms with E-state index in [1.165, 1.54) is 19.3 Å². The molecule has 0 spiro atoms. The first-order valence-corrected chi connectivity index (χ1v) is 7.65. The maximum atomic E-state index is 12.3. The first-order valence-electron chi connectivity index (χ1n) is 7.65. The molecule has 2 heterocycles. The van der Waals surface area contributed by atoms with Crippen LogP contribution in [-0.4, -0.2) is 29.2 Å². The van der Waals surface area contributed by atoms with Crippen molar-refractivity contribution in [3.63, 3.8) is 0 Å². The zero-order valence-corrected chi connectivity index (χ0v) is 12.4. The lowest BCUT2D eigenvalue weighted by Gasteiger charge is -2.18. The average molecular weight is 276 g/mol. The lowest BCUT2D eigenvalue weighted by atomic mass is 9.94. The molecule has 0 saturated heterocycles. The van der Waals surface area contributed by atoms with Crippen LogP contribution in [0.25, 0.3) is 0 Å². The number of amides is 1. The molecule has 1 aromatic rings. The predicted molar refractivity (Wildman–Crippen MR) is 77.5 cm³/mol. The van der Waals surface area contributed by atoms with Crippen LogP contribution in [0.2, 0.25) is 0 Å². The molecule has 1 fully saturated rings. The van der Waals surface area contributed by atoms with Crippen LogP contribution in [0.1, 0.15) is 54.9 Å². The maximum absolute atomic E-state index is 12.3. The molecule has 110 valence electrons. The third-order valence-corrected chi connectivity index (χ3v) is 4.44. The molecule has 1 aliphatic carbocycles. The zero-order valence-electron chi connectivity index (χ0n) is 12.4. The second-order valence-electron chi connectivity index (χ2n) is 6.74. The van der Waals surface area contributed by atoms with E-state index in [1.54, 1.807) is 0 Å². The number of fused-ring (bicyclic) bond motifs is 1. The van der Waals surface area contributed by atoms with E-state index in [9.17, 15) is 4.79 Å². The van der Waals surface area contributed by atoms with E-state index in [-0.39, 0.29) is 5.91 Å². The van der Waals surface area contributed by atoms with Crippen LogP contribution in [0.4, 0.5) is 0 Å². The molecule has 1 saturated carbocycles. The molecule has 0 radical (unpaired) electrons. The van der Waals surface area contributed by atoms with Crippen LogP contribution in [0.15, 0.2) is 0 Å². The molecular formula is C15H24N4O. The molecule has 0 unspecified atom stereocenters. The van der Waals surface area contributed by atoms with Crippen LogP contribution in [0, 0.1) is 11.3 Å². The van der Waals surface area contributed by atoms with Gasteiger partial charge in [0.1, 0.15) is 0 Å². The molecule has 0 aromatic carbocycles. The molecule has 2 aliphatic rings. The number of aromatic nitrogens is 2. The molecule has 5 nitrogen and oxygen atoms in total. The van der Waals surface area contributed by atoms with Gasteiger partial charge in [0.05, 0.1) is 0 Å². The minimum atomic E-state index is -0.0266. The average Bonchev–Trinajstić information content (AvgIpc) is 3.03. The summed E-state index contributed by atoms with van der Waals surface area (Å²) >= 11 is 0. The summed E-state index contributed by atoms with van der Waals surface area (Å²) < 4.78 is 0. The Hall–Kier alpha value is -1.36. The van der Waals surface area contributed by atoms with Gasteiger partial charge < -0.3 is 10.6 Å². The highest BCUT2D eigenvalue weighted by Crippen LogP contribution is 2.50. The normalized spacial score (nSPS) is 19.8. The highest BCUT2D eigenvalue weighted by molar-refractivity contribution is 5.94. The Kier molecular flexibility index (Phi) is 3.54. The molecule has 20 heavy (non-hydrogen) atoms. The summed E-state index contributed by atoms with van der Waals surface area (Å²) in [5.74, 6) is 0.665. The van der Waals surface area contributed by atoms with Gasteiger partial charge in [-0.2, -0.15) is 5.10 Å². The topological polar surface area (TPSA) is 69.8 Å². The highest BCUT2D eigenvalue weighted by atomic mass is 16.1. The van der Waals surface area contributed by atoms with Gasteiger partial charge in [-0.3, -0.25) is 9.89 Å². The summed E-state index contributed by atoms with van der Waals surface area (Å²) in [6, 6.07) is 0. The molecule has 3 rings (SSSR count). The molecule has 1 aromatic heterocycles. The van der Waals surface area contributed by atoms with Crippen molar-refractivity contribution in [1.82, 2.24) is 20.8 Å². The maximum Gasteiger partial charge on any atom is 0.272 e. The number of nitrogens with one attached hydrogen (secondary N) is 3. The van der Waals surface area contributed by atoms with E-state index >= 15 is 0 Å². The zero-order chi connectivity index (χ0) is 14.2. The standard InChI is InChI=1S/C15H24N4O/c1-10(2)7-15(4-5-15)9-17-14(20)13-11-8-16-6-3-12(11)18-19-13/h10,16H,3-9H2,1-2H3,(H,17,20)(H,18,19). The lowest BCUT2D eigenvalue weighted by molar-refractivity contribution is 0.0936. The number of aromatic amines is 1. The van der Waals surface area contributed by atoms with Crippen molar-refractivity contribution in [3.8, 4) is 0 Å². The summed E-state index contributed by atoms with van der Waals surface area (Å²) in [5, 5.41) is 13.6. The van der Waals surface area contributed by atoms with E-state index in [0.717, 1.165) is 37.3 Å². The Balaban J connectivity index is 1.61. The van der Waals surface area contributed by atoms with Crippen molar-refractivity contribution in [2.24, 2.45) is 11.3 Å². The van der Waals surface area contributed by atoms with Gasteiger partial charge in [-0.15, -0.1) is 0 Å². The second-order valence-corrected chi connectivity index (χ2v) is 6.74. The first kappa shape index (κ1) is 13.6. The van der Waals surface area contributed by atoms with E-state index in [2.05, 4.69) is 34.7 Å². The SMILES string of the molecule is CC(C)CC1(CNC(=O)c2n[nH]c3c2CNCC3)CC1. The van der Waals surface area contributed by atoms with Gasteiger partial charge in [-0.25, -0.2) is 0 Å². The lowest BCUT2D eigenvalue weighted by Crippen LogP contribution is -2.33. The number of carbonyl (C=O) groups excluding carboxylic acids is 1. The molecule has 1 amide bonds. The number of nitrogens with zero attached hydrogens (tertiary/aromatic N) is 1. The minimum absolute atomic E-state index is 0.0266. The van der Waals surface area contributed by atoms with Crippen molar-refractivity contribution in [2.75, 3.05) is 13.1 Å². The fourth-order valence-corrected chi connectivity index (χ4v) is 3.26. The van der Waals surface area contributed by atoms with Crippen LogP contribution in [0.3, 0.4) is 0 Å². The summed E-state index contributed by atoms with van der Waals surface area (Å²) in [4.78, 5) is 12.3. The summed E-state index contributed by atoms with van der Waals surface area (Å²) in [6.07, 6.45) is 4.61. The van der Waals surface area contributed by atoms with Crippen molar-refractivity contribution < 1.29 is 4.79 Å². The van der Waals surface area contributed by atoms with Crippen LogP contribution < -0.4 is 10.6 Å². The number of hydrogen-bond acceptors (Lipinski definition) is 3. The summed E-state index contributed by atoms with van der Waals surface area (Å²) in [7, 11) is 0. The fourth-order valence-electron chi connectivity index (χ4n) is 3.26. The number of H-pyrrole nitrogens is 1.